The van der Waals surface area contributed by atoms with E-state index in [-0.39, 0.29) is 17.4 Å². The average molecular weight is 318 g/mol. The number of nitrogens with zero attached hydrogens (tertiary/aromatic N) is 2. The third kappa shape index (κ3) is 3.03. The smallest absolute Gasteiger partial charge is 0.266 e. The Morgan fingerprint density at radius 2 is 1.86 bits per heavy atom. The normalized spacial score (nSPS) is 17.5. The monoisotopic (exact) mass is 318 g/mol. The van der Waals surface area contributed by atoms with Crippen LogP contribution in [-0.2, 0) is 27.1 Å². The van der Waals surface area contributed by atoms with E-state index in [4.69, 9.17) is 4.18 Å². The first-order valence-corrected chi connectivity index (χ1v) is 8.62. The van der Waals surface area contributed by atoms with E-state index in [0.717, 1.165) is 35.4 Å². The van der Waals surface area contributed by atoms with Crippen LogP contribution in [0.5, 0.6) is 0 Å². The van der Waals surface area contributed by atoms with E-state index in [9.17, 15) is 8.42 Å². The van der Waals surface area contributed by atoms with E-state index in [1.165, 1.54) is 0 Å². The van der Waals surface area contributed by atoms with Crippen LogP contribution in [0, 0.1) is 19.8 Å². The van der Waals surface area contributed by atoms with Crippen molar-refractivity contribution >= 4 is 10.1 Å². The number of hydrogen-bond donors (Lipinski definition) is 0. The molecule has 1 atom stereocenters. The molecule has 0 bridgehead atoms. The minimum Gasteiger partial charge on any atom is -0.266 e. The van der Waals surface area contributed by atoms with Crippen molar-refractivity contribution in [3.63, 3.8) is 0 Å². The fourth-order valence-corrected chi connectivity index (χ4v) is 3.68. The first-order valence-electron chi connectivity index (χ1n) is 7.21. The summed E-state index contributed by atoms with van der Waals surface area (Å²) in [7, 11) is -3.70. The molecule has 5 nitrogen and oxygen atoms in total. The highest BCUT2D eigenvalue weighted by Crippen LogP contribution is 2.27. The Morgan fingerprint density at radius 1 is 1.14 bits per heavy atom. The maximum atomic E-state index is 12.2. The van der Waals surface area contributed by atoms with Crippen LogP contribution in [0.3, 0.4) is 0 Å². The maximum Gasteiger partial charge on any atom is 0.296 e. The van der Waals surface area contributed by atoms with Gasteiger partial charge in [-0.05, 0) is 50.3 Å². The molecule has 2 aromatic rings. The van der Waals surface area contributed by atoms with Crippen molar-refractivity contribution in [3.8, 4) is 0 Å². The Morgan fingerprint density at radius 3 is 2.55 bits per heavy atom. The lowest BCUT2D eigenvalue weighted by molar-refractivity contribution is 0.259. The van der Waals surface area contributed by atoms with Crippen LogP contribution in [0.2, 0.25) is 0 Å². The van der Waals surface area contributed by atoms with Crippen molar-refractivity contribution in [2.24, 2.45) is 5.92 Å². The summed E-state index contributed by atoms with van der Waals surface area (Å²) in [5, 5.41) is 0. The topological polar surface area (TPSA) is 69.2 Å². The van der Waals surface area contributed by atoms with Gasteiger partial charge in [0.1, 0.15) is 6.33 Å². The average Bonchev–Trinajstić information content (AvgIpc) is 2.90. The zero-order chi connectivity index (χ0) is 15.7. The molecule has 116 valence electrons. The number of aromatic nitrogens is 2. The van der Waals surface area contributed by atoms with Gasteiger partial charge in [-0.1, -0.05) is 17.7 Å². The lowest BCUT2D eigenvalue weighted by Crippen LogP contribution is -2.15. The Kier molecular flexibility index (Phi) is 3.97. The molecule has 0 N–H and O–H groups in total. The standard InChI is InChI=1S/C16H18N2O3S/c1-11-3-5-14(6-4-11)22(19,20)21-9-13-7-15-12(2)17-10-18-16(15)8-13/h3-6,10,13H,7-9H2,1-2H3. The SMILES string of the molecule is Cc1ccc(S(=O)(=O)OCC2Cc3ncnc(C)c3C2)cc1. The molecular formula is C16H18N2O3S. The van der Waals surface area contributed by atoms with E-state index >= 15 is 0 Å². The third-order valence-corrected chi connectivity index (χ3v) is 5.29. The molecule has 0 saturated carbocycles. The first-order chi connectivity index (χ1) is 10.5. The molecule has 6 heteroatoms. The van der Waals surface area contributed by atoms with Crippen molar-refractivity contribution in [1.82, 2.24) is 9.97 Å². The Hall–Kier alpha value is -1.79. The molecule has 0 saturated heterocycles. The molecule has 0 spiro atoms. The predicted octanol–water partition coefficient (Wildman–Crippen LogP) is 2.21. The Balaban J connectivity index is 1.67. The Labute approximate surface area is 130 Å². The van der Waals surface area contributed by atoms with Crippen LogP contribution >= 0.6 is 0 Å². The molecule has 1 unspecified atom stereocenters. The van der Waals surface area contributed by atoms with Crippen molar-refractivity contribution in [1.29, 1.82) is 0 Å². The van der Waals surface area contributed by atoms with E-state index in [1.54, 1.807) is 30.6 Å². The van der Waals surface area contributed by atoms with Crippen LogP contribution in [0.4, 0.5) is 0 Å². The second kappa shape index (κ2) is 5.78. The van der Waals surface area contributed by atoms with Gasteiger partial charge in [-0.25, -0.2) is 9.97 Å². The van der Waals surface area contributed by atoms with E-state index < -0.39 is 10.1 Å². The van der Waals surface area contributed by atoms with Gasteiger partial charge in [-0.2, -0.15) is 8.42 Å². The molecule has 0 aliphatic heterocycles. The highest BCUT2D eigenvalue weighted by atomic mass is 32.2. The zero-order valence-electron chi connectivity index (χ0n) is 12.6. The summed E-state index contributed by atoms with van der Waals surface area (Å²) in [6.45, 7) is 4.04. The Bertz CT molecular complexity index is 786. The summed E-state index contributed by atoms with van der Waals surface area (Å²) in [6.07, 6.45) is 3.06. The van der Waals surface area contributed by atoms with Gasteiger partial charge in [0.25, 0.3) is 10.1 Å². The van der Waals surface area contributed by atoms with Crippen molar-refractivity contribution < 1.29 is 12.6 Å². The number of fused-ring (bicyclic) bond motifs is 1. The first kappa shape index (κ1) is 15.1. The van der Waals surface area contributed by atoms with Gasteiger partial charge < -0.3 is 0 Å². The van der Waals surface area contributed by atoms with E-state index in [2.05, 4.69) is 9.97 Å². The minimum absolute atomic E-state index is 0.130. The lowest BCUT2D eigenvalue weighted by Gasteiger charge is -2.10. The molecular weight excluding hydrogens is 300 g/mol. The summed E-state index contributed by atoms with van der Waals surface area (Å²) >= 11 is 0. The van der Waals surface area contributed by atoms with Gasteiger partial charge in [0, 0.05) is 11.4 Å². The summed E-state index contributed by atoms with van der Waals surface area (Å²) in [6, 6.07) is 6.68. The van der Waals surface area contributed by atoms with Crippen LogP contribution in [-0.4, -0.2) is 25.0 Å². The van der Waals surface area contributed by atoms with Gasteiger partial charge in [0.2, 0.25) is 0 Å². The summed E-state index contributed by atoms with van der Waals surface area (Å²) < 4.78 is 29.6. The highest BCUT2D eigenvalue weighted by Gasteiger charge is 2.27. The molecule has 1 aromatic heterocycles. The molecule has 3 rings (SSSR count). The van der Waals surface area contributed by atoms with E-state index in [0.29, 0.717) is 0 Å². The van der Waals surface area contributed by atoms with Crippen LogP contribution in [0.25, 0.3) is 0 Å². The van der Waals surface area contributed by atoms with Crippen molar-refractivity contribution in [3.05, 3.63) is 53.1 Å². The number of hydrogen-bond acceptors (Lipinski definition) is 5. The van der Waals surface area contributed by atoms with Gasteiger partial charge in [0.05, 0.1) is 11.5 Å². The van der Waals surface area contributed by atoms with Crippen LogP contribution < -0.4 is 0 Å². The molecule has 1 aromatic carbocycles. The summed E-state index contributed by atoms with van der Waals surface area (Å²) in [4.78, 5) is 8.64. The second-order valence-corrected chi connectivity index (χ2v) is 7.33. The van der Waals surface area contributed by atoms with Crippen molar-refractivity contribution in [2.75, 3.05) is 6.61 Å². The molecule has 1 heterocycles. The van der Waals surface area contributed by atoms with Crippen LogP contribution in [0.15, 0.2) is 35.5 Å². The number of aryl methyl sites for hydroxylation is 2. The number of benzene rings is 1. The van der Waals surface area contributed by atoms with Crippen molar-refractivity contribution in [2.45, 2.75) is 31.6 Å². The lowest BCUT2D eigenvalue weighted by atomic mass is 10.1. The maximum absolute atomic E-state index is 12.2. The van der Waals surface area contributed by atoms with Crippen LogP contribution in [0.1, 0.15) is 22.5 Å². The summed E-state index contributed by atoms with van der Waals surface area (Å²) in [5.74, 6) is 0.130. The zero-order valence-corrected chi connectivity index (χ0v) is 13.4. The van der Waals surface area contributed by atoms with Gasteiger partial charge >= 0.3 is 0 Å². The third-order valence-electron chi connectivity index (χ3n) is 3.99. The summed E-state index contributed by atoms with van der Waals surface area (Å²) in [5.41, 5.74) is 4.12. The van der Waals surface area contributed by atoms with Gasteiger partial charge in [-0.15, -0.1) is 0 Å². The fraction of sp³-hybridized carbons (Fsp3) is 0.375. The van der Waals surface area contributed by atoms with Gasteiger partial charge in [0.15, 0.2) is 0 Å². The number of rotatable bonds is 4. The quantitative estimate of drug-likeness (QED) is 0.809. The predicted molar refractivity (Wildman–Crippen MR) is 82.0 cm³/mol. The molecule has 0 radical (unpaired) electrons. The van der Waals surface area contributed by atoms with Gasteiger partial charge in [-0.3, -0.25) is 4.18 Å². The highest BCUT2D eigenvalue weighted by molar-refractivity contribution is 7.86. The fourth-order valence-electron chi connectivity index (χ4n) is 2.70. The molecule has 1 aliphatic rings. The molecule has 1 aliphatic carbocycles. The van der Waals surface area contributed by atoms with E-state index in [1.807, 2.05) is 13.8 Å². The minimum atomic E-state index is -3.70. The molecule has 0 amide bonds. The molecule has 0 fully saturated rings. The largest absolute Gasteiger partial charge is 0.296 e. The second-order valence-electron chi connectivity index (χ2n) is 5.71. The molecule has 22 heavy (non-hydrogen) atoms.